The average Bonchev–Trinajstić information content (AvgIpc) is 3.10. The monoisotopic (exact) mass is 400 g/mol. The van der Waals surface area contributed by atoms with E-state index in [-0.39, 0.29) is 21.4 Å². The van der Waals surface area contributed by atoms with Gasteiger partial charge in [-0.2, -0.15) is 8.78 Å². The van der Waals surface area contributed by atoms with E-state index < -0.39 is 16.6 Å². The number of nitrogens with zero attached hydrogens (tertiary/aromatic N) is 1. The molecule has 1 aromatic heterocycles. The quantitative estimate of drug-likeness (QED) is 0.663. The van der Waals surface area contributed by atoms with Gasteiger partial charge in [0.1, 0.15) is 5.75 Å². The van der Waals surface area contributed by atoms with Crippen LogP contribution in [0.3, 0.4) is 0 Å². The first-order valence-electron chi connectivity index (χ1n) is 7.11. The number of hydrogen-bond donors (Lipinski definition) is 1. The molecule has 0 aliphatic heterocycles. The van der Waals surface area contributed by atoms with Crippen LogP contribution in [-0.2, 0) is 10.0 Å². The van der Waals surface area contributed by atoms with Crippen molar-refractivity contribution in [2.45, 2.75) is 11.5 Å². The van der Waals surface area contributed by atoms with Gasteiger partial charge in [0.2, 0.25) is 0 Å². The first-order chi connectivity index (χ1) is 12.3. The molecule has 0 aliphatic carbocycles. The van der Waals surface area contributed by atoms with Crippen LogP contribution in [0.2, 0.25) is 5.02 Å². The number of halogens is 3. The molecule has 0 bridgehead atoms. The van der Waals surface area contributed by atoms with Crippen LogP contribution >= 0.6 is 11.6 Å². The maximum absolute atomic E-state index is 12.5. The Bertz CT molecular complexity index is 1010. The van der Waals surface area contributed by atoms with Crippen molar-refractivity contribution in [2.24, 2.45) is 0 Å². The number of sulfonamides is 1. The number of nitrogens with one attached hydrogen (secondary N) is 1. The maximum Gasteiger partial charge on any atom is 0.387 e. The summed E-state index contributed by atoms with van der Waals surface area (Å²) in [5.41, 5.74) is 0.907. The predicted molar refractivity (Wildman–Crippen MR) is 90.8 cm³/mol. The molecule has 0 aliphatic rings. The van der Waals surface area contributed by atoms with E-state index in [4.69, 9.17) is 16.0 Å². The Morgan fingerprint density at radius 2 is 2.00 bits per heavy atom. The largest absolute Gasteiger partial charge is 0.444 e. The highest BCUT2D eigenvalue weighted by Gasteiger charge is 2.18. The Morgan fingerprint density at radius 3 is 2.65 bits per heavy atom. The molecule has 6 nitrogen and oxygen atoms in total. The van der Waals surface area contributed by atoms with E-state index in [0.29, 0.717) is 11.3 Å². The lowest BCUT2D eigenvalue weighted by Gasteiger charge is -2.11. The highest BCUT2D eigenvalue weighted by atomic mass is 35.5. The van der Waals surface area contributed by atoms with E-state index in [2.05, 4.69) is 14.4 Å². The van der Waals surface area contributed by atoms with Crippen molar-refractivity contribution in [2.75, 3.05) is 4.72 Å². The van der Waals surface area contributed by atoms with Gasteiger partial charge in [-0.15, -0.1) is 0 Å². The minimum Gasteiger partial charge on any atom is -0.444 e. The van der Waals surface area contributed by atoms with Gasteiger partial charge in [0.15, 0.2) is 12.2 Å². The molecule has 2 aromatic carbocycles. The molecule has 0 atom stereocenters. The molecule has 136 valence electrons. The minimum atomic E-state index is -3.99. The van der Waals surface area contributed by atoms with Crippen LogP contribution in [0.15, 0.2) is 64.4 Å². The Balaban J connectivity index is 1.85. The van der Waals surface area contributed by atoms with Crippen LogP contribution in [0.1, 0.15) is 0 Å². The van der Waals surface area contributed by atoms with Crippen molar-refractivity contribution in [3.8, 4) is 17.1 Å². The summed E-state index contributed by atoms with van der Waals surface area (Å²) in [7, 11) is -3.99. The summed E-state index contributed by atoms with van der Waals surface area (Å²) >= 11 is 5.81. The molecule has 10 heteroatoms. The van der Waals surface area contributed by atoms with Crippen molar-refractivity contribution in [3.05, 3.63) is 60.1 Å². The topological polar surface area (TPSA) is 81.4 Å². The van der Waals surface area contributed by atoms with Gasteiger partial charge < -0.3 is 9.15 Å². The van der Waals surface area contributed by atoms with Crippen LogP contribution in [0, 0.1) is 0 Å². The van der Waals surface area contributed by atoms with Gasteiger partial charge in [0.25, 0.3) is 10.0 Å². The highest BCUT2D eigenvalue weighted by molar-refractivity contribution is 7.92. The molecule has 0 radical (unpaired) electrons. The predicted octanol–water partition coefficient (Wildman–Crippen LogP) is 4.40. The van der Waals surface area contributed by atoms with Gasteiger partial charge in [-0.25, -0.2) is 13.4 Å². The lowest BCUT2D eigenvalue weighted by molar-refractivity contribution is -0.0498. The third-order valence-corrected chi connectivity index (χ3v) is 4.94. The Kier molecular flexibility index (Phi) is 5.10. The van der Waals surface area contributed by atoms with E-state index >= 15 is 0 Å². The second-order valence-corrected chi connectivity index (χ2v) is 7.11. The SMILES string of the molecule is O=S(=O)(Nc1cccc(-c2cnco2)c1)c1ccc(OC(F)F)c(Cl)c1. The first-order valence-corrected chi connectivity index (χ1v) is 8.97. The average molecular weight is 401 g/mol. The lowest BCUT2D eigenvalue weighted by atomic mass is 10.2. The fourth-order valence-corrected chi connectivity index (χ4v) is 3.51. The van der Waals surface area contributed by atoms with Gasteiger partial charge in [0.05, 0.1) is 16.1 Å². The number of alkyl halides is 2. The van der Waals surface area contributed by atoms with Gasteiger partial charge in [-0.3, -0.25) is 4.72 Å². The Labute approximate surface area is 152 Å². The van der Waals surface area contributed by atoms with Gasteiger partial charge >= 0.3 is 6.61 Å². The number of anilines is 1. The normalized spacial score (nSPS) is 11.5. The third kappa shape index (κ3) is 4.12. The summed E-state index contributed by atoms with van der Waals surface area (Å²) in [6.45, 7) is -3.06. The van der Waals surface area contributed by atoms with E-state index in [1.807, 2.05) is 0 Å². The molecule has 26 heavy (non-hydrogen) atoms. The molecule has 1 N–H and O–H groups in total. The molecule has 3 aromatic rings. The van der Waals surface area contributed by atoms with Crippen LogP contribution in [-0.4, -0.2) is 20.0 Å². The molecule has 0 amide bonds. The summed E-state index contributed by atoms with van der Waals surface area (Å²) in [4.78, 5) is 3.60. The number of hydrogen-bond acceptors (Lipinski definition) is 5. The van der Waals surface area contributed by atoms with E-state index in [1.54, 1.807) is 24.3 Å². The maximum atomic E-state index is 12.5. The lowest BCUT2D eigenvalue weighted by Crippen LogP contribution is -2.13. The van der Waals surface area contributed by atoms with Crippen molar-refractivity contribution in [1.82, 2.24) is 4.98 Å². The summed E-state index contributed by atoms with van der Waals surface area (Å²) < 4.78 is 61.2. The van der Waals surface area contributed by atoms with Crippen molar-refractivity contribution in [3.63, 3.8) is 0 Å². The van der Waals surface area contributed by atoms with Crippen LogP contribution in [0.25, 0.3) is 11.3 Å². The van der Waals surface area contributed by atoms with Crippen LogP contribution in [0.5, 0.6) is 5.75 Å². The van der Waals surface area contributed by atoms with Crippen molar-refractivity contribution in [1.29, 1.82) is 0 Å². The molecular weight excluding hydrogens is 390 g/mol. The van der Waals surface area contributed by atoms with Gasteiger partial charge in [-0.05, 0) is 30.3 Å². The molecule has 0 spiro atoms. The number of benzene rings is 2. The summed E-state index contributed by atoms with van der Waals surface area (Å²) in [6.07, 6.45) is 2.76. The number of ether oxygens (including phenoxy) is 1. The minimum absolute atomic E-state index is 0.200. The summed E-state index contributed by atoms with van der Waals surface area (Å²) in [5, 5.41) is -0.247. The van der Waals surface area contributed by atoms with Gasteiger partial charge in [-0.1, -0.05) is 23.7 Å². The van der Waals surface area contributed by atoms with E-state index in [1.165, 1.54) is 12.6 Å². The second kappa shape index (κ2) is 7.30. The molecule has 3 rings (SSSR count). The van der Waals surface area contributed by atoms with Crippen molar-refractivity contribution < 1.29 is 26.4 Å². The summed E-state index contributed by atoms with van der Waals surface area (Å²) in [6, 6.07) is 9.69. The zero-order valence-corrected chi connectivity index (χ0v) is 14.5. The fraction of sp³-hybridized carbons (Fsp3) is 0.0625. The zero-order valence-electron chi connectivity index (χ0n) is 12.9. The third-order valence-electron chi connectivity index (χ3n) is 3.26. The smallest absolute Gasteiger partial charge is 0.387 e. The van der Waals surface area contributed by atoms with Crippen LogP contribution < -0.4 is 9.46 Å². The second-order valence-electron chi connectivity index (χ2n) is 5.02. The summed E-state index contributed by atoms with van der Waals surface area (Å²) in [5.74, 6) is 0.163. The fourth-order valence-electron chi connectivity index (χ4n) is 2.15. The molecule has 0 saturated carbocycles. The first kappa shape index (κ1) is 18.2. The number of oxazole rings is 1. The molecule has 0 fully saturated rings. The molecule has 0 unspecified atom stereocenters. The molecule has 1 heterocycles. The Morgan fingerprint density at radius 1 is 1.19 bits per heavy atom. The highest BCUT2D eigenvalue weighted by Crippen LogP contribution is 2.30. The van der Waals surface area contributed by atoms with Gasteiger partial charge in [0, 0.05) is 11.3 Å². The number of rotatable bonds is 6. The van der Waals surface area contributed by atoms with Crippen molar-refractivity contribution >= 4 is 27.3 Å². The van der Waals surface area contributed by atoms with E-state index in [9.17, 15) is 17.2 Å². The molecule has 0 saturated heterocycles. The standard InChI is InChI=1S/C16H11ClF2N2O4S/c17-13-7-12(4-5-14(13)25-16(18)19)26(22,23)21-11-3-1-2-10(6-11)15-8-20-9-24-15/h1-9,16,21H. The molecular formula is C16H11ClF2N2O4S. The van der Waals surface area contributed by atoms with Crippen LogP contribution in [0.4, 0.5) is 14.5 Å². The zero-order chi connectivity index (χ0) is 18.7. The Hall–Kier alpha value is -2.65. The van der Waals surface area contributed by atoms with E-state index in [0.717, 1.165) is 18.2 Å². The number of aromatic nitrogens is 1.